The Kier molecular flexibility index (Phi) is 2.15. The van der Waals surface area contributed by atoms with Crippen molar-refractivity contribution in [2.75, 3.05) is 6.54 Å². The standard InChI is InChI=1S/C5H9NO4S/c7-5-4(11(8,9)10)2-1-3-6-5/h4H,1-3H2,(H,6,7)(H,8,9,10). The molecule has 1 atom stereocenters. The second-order valence-corrected chi connectivity index (χ2v) is 4.04. The number of carbonyl (C=O) groups is 1. The summed E-state index contributed by atoms with van der Waals surface area (Å²) < 4.78 is 29.5. The van der Waals surface area contributed by atoms with Crippen LogP contribution in [0.4, 0.5) is 0 Å². The summed E-state index contributed by atoms with van der Waals surface area (Å²) in [5.41, 5.74) is 0. The molecule has 0 aromatic rings. The summed E-state index contributed by atoms with van der Waals surface area (Å²) in [6, 6.07) is 0. The second kappa shape index (κ2) is 2.78. The number of hydrogen-bond acceptors (Lipinski definition) is 3. The van der Waals surface area contributed by atoms with Crippen LogP contribution >= 0.6 is 0 Å². The van der Waals surface area contributed by atoms with E-state index in [1.165, 1.54) is 0 Å². The highest BCUT2D eigenvalue weighted by Gasteiger charge is 2.32. The van der Waals surface area contributed by atoms with E-state index in [9.17, 15) is 13.2 Å². The number of rotatable bonds is 1. The molecule has 0 spiro atoms. The Bertz CT molecular complexity index is 258. The molecule has 1 aliphatic heterocycles. The molecule has 1 fully saturated rings. The Hall–Kier alpha value is -0.620. The molecule has 1 unspecified atom stereocenters. The van der Waals surface area contributed by atoms with Gasteiger partial charge in [0.1, 0.15) is 0 Å². The molecule has 0 radical (unpaired) electrons. The van der Waals surface area contributed by atoms with Crippen LogP contribution in [0.1, 0.15) is 12.8 Å². The van der Waals surface area contributed by atoms with Crippen LogP contribution in [0.25, 0.3) is 0 Å². The minimum Gasteiger partial charge on any atom is -0.355 e. The topological polar surface area (TPSA) is 83.5 Å². The van der Waals surface area contributed by atoms with E-state index in [1.807, 2.05) is 0 Å². The van der Waals surface area contributed by atoms with Crippen LogP contribution < -0.4 is 5.32 Å². The van der Waals surface area contributed by atoms with Crippen LogP contribution in [0, 0.1) is 0 Å². The van der Waals surface area contributed by atoms with Gasteiger partial charge in [0, 0.05) is 6.54 Å². The largest absolute Gasteiger partial charge is 0.355 e. The van der Waals surface area contributed by atoms with Crippen molar-refractivity contribution >= 4 is 16.0 Å². The lowest BCUT2D eigenvalue weighted by molar-refractivity contribution is -0.121. The number of nitrogens with one attached hydrogen (secondary N) is 1. The van der Waals surface area contributed by atoms with Gasteiger partial charge < -0.3 is 5.32 Å². The first-order valence-corrected chi connectivity index (χ1v) is 4.76. The van der Waals surface area contributed by atoms with E-state index in [1.54, 1.807) is 0 Å². The summed E-state index contributed by atoms with van der Waals surface area (Å²) >= 11 is 0. The third-order valence-electron chi connectivity index (χ3n) is 1.59. The fourth-order valence-electron chi connectivity index (χ4n) is 1.03. The molecule has 1 amide bonds. The first kappa shape index (κ1) is 8.48. The monoisotopic (exact) mass is 179 g/mol. The Morgan fingerprint density at radius 3 is 2.55 bits per heavy atom. The molecule has 11 heavy (non-hydrogen) atoms. The molecule has 0 aliphatic carbocycles. The van der Waals surface area contributed by atoms with Gasteiger partial charge >= 0.3 is 0 Å². The van der Waals surface area contributed by atoms with Crippen LogP contribution in [-0.2, 0) is 14.9 Å². The zero-order chi connectivity index (χ0) is 8.48. The molecule has 6 heteroatoms. The van der Waals surface area contributed by atoms with E-state index in [0.29, 0.717) is 13.0 Å². The molecule has 0 bridgehead atoms. The molecule has 0 saturated carbocycles. The molecule has 64 valence electrons. The summed E-state index contributed by atoms with van der Waals surface area (Å²) in [7, 11) is -4.19. The van der Waals surface area contributed by atoms with Crippen molar-refractivity contribution in [2.45, 2.75) is 18.1 Å². The van der Waals surface area contributed by atoms with Crippen LogP contribution in [0.2, 0.25) is 0 Å². The molecule has 5 nitrogen and oxygen atoms in total. The average Bonchev–Trinajstić information content (AvgIpc) is 1.86. The van der Waals surface area contributed by atoms with Gasteiger partial charge in [-0.25, -0.2) is 0 Å². The van der Waals surface area contributed by atoms with E-state index in [-0.39, 0.29) is 6.42 Å². The third-order valence-corrected chi connectivity index (χ3v) is 2.76. The smallest absolute Gasteiger partial charge is 0.276 e. The molecule has 2 N–H and O–H groups in total. The van der Waals surface area contributed by atoms with Gasteiger partial charge in [-0.1, -0.05) is 0 Å². The van der Waals surface area contributed by atoms with Gasteiger partial charge in [-0.15, -0.1) is 0 Å². The van der Waals surface area contributed by atoms with Crippen LogP contribution in [-0.4, -0.2) is 30.7 Å². The lowest BCUT2D eigenvalue weighted by Crippen LogP contribution is -2.44. The maximum atomic E-state index is 10.8. The van der Waals surface area contributed by atoms with Crippen molar-refractivity contribution in [3.05, 3.63) is 0 Å². The Balaban J connectivity index is 2.78. The van der Waals surface area contributed by atoms with Gasteiger partial charge in [0.2, 0.25) is 5.91 Å². The quantitative estimate of drug-likeness (QED) is 0.514. The van der Waals surface area contributed by atoms with Crippen molar-refractivity contribution in [1.82, 2.24) is 5.32 Å². The molecule has 1 saturated heterocycles. The van der Waals surface area contributed by atoms with Gasteiger partial charge in [0.15, 0.2) is 5.25 Å². The molecular weight excluding hydrogens is 170 g/mol. The van der Waals surface area contributed by atoms with Gasteiger partial charge in [-0.2, -0.15) is 8.42 Å². The minimum atomic E-state index is -4.19. The Morgan fingerprint density at radius 1 is 1.55 bits per heavy atom. The summed E-state index contributed by atoms with van der Waals surface area (Å²) in [5, 5.41) is 1.11. The predicted molar refractivity (Wildman–Crippen MR) is 37.6 cm³/mol. The van der Waals surface area contributed by atoms with Crippen molar-refractivity contribution in [3.63, 3.8) is 0 Å². The number of carbonyl (C=O) groups excluding carboxylic acids is 1. The highest BCUT2D eigenvalue weighted by molar-refractivity contribution is 7.87. The highest BCUT2D eigenvalue weighted by atomic mass is 32.2. The molecule has 1 heterocycles. The Labute approximate surface area is 64.5 Å². The minimum absolute atomic E-state index is 0.213. The van der Waals surface area contributed by atoms with Crippen molar-refractivity contribution in [3.8, 4) is 0 Å². The summed E-state index contributed by atoms with van der Waals surface area (Å²) in [5.74, 6) is -0.598. The van der Waals surface area contributed by atoms with Crippen molar-refractivity contribution in [2.24, 2.45) is 0 Å². The van der Waals surface area contributed by atoms with Crippen molar-refractivity contribution in [1.29, 1.82) is 0 Å². The zero-order valence-electron chi connectivity index (χ0n) is 5.78. The first-order valence-electron chi connectivity index (χ1n) is 3.26. The predicted octanol–water partition coefficient (Wildman–Crippen LogP) is -0.847. The van der Waals surface area contributed by atoms with E-state index in [0.717, 1.165) is 0 Å². The van der Waals surface area contributed by atoms with Gasteiger partial charge in [-0.3, -0.25) is 9.35 Å². The molecule has 0 aromatic carbocycles. The number of piperidine rings is 1. The SMILES string of the molecule is O=C1NCCCC1S(=O)(=O)O. The van der Waals surface area contributed by atoms with E-state index in [2.05, 4.69) is 5.32 Å². The van der Waals surface area contributed by atoms with Gasteiger partial charge in [-0.05, 0) is 12.8 Å². The highest BCUT2D eigenvalue weighted by Crippen LogP contribution is 2.10. The summed E-state index contributed by atoms with van der Waals surface area (Å²) in [6.07, 6.45) is 0.806. The zero-order valence-corrected chi connectivity index (χ0v) is 6.60. The maximum absolute atomic E-state index is 10.8. The van der Waals surface area contributed by atoms with Crippen LogP contribution in [0.5, 0.6) is 0 Å². The fraction of sp³-hybridized carbons (Fsp3) is 0.800. The normalized spacial score (nSPS) is 26.3. The maximum Gasteiger partial charge on any atom is 0.276 e. The Morgan fingerprint density at radius 2 is 2.18 bits per heavy atom. The van der Waals surface area contributed by atoms with E-state index in [4.69, 9.17) is 4.55 Å². The average molecular weight is 179 g/mol. The number of amides is 1. The number of hydrogen-bond donors (Lipinski definition) is 2. The van der Waals surface area contributed by atoms with Gasteiger partial charge in [0.05, 0.1) is 0 Å². The van der Waals surface area contributed by atoms with Gasteiger partial charge in [0.25, 0.3) is 10.1 Å². The molecule has 1 aliphatic rings. The lowest BCUT2D eigenvalue weighted by Gasteiger charge is -2.18. The van der Waals surface area contributed by atoms with E-state index < -0.39 is 21.3 Å². The summed E-state index contributed by atoms with van der Waals surface area (Å²) in [4.78, 5) is 10.8. The lowest BCUT2D eigenvalue weighted by atomic mass is 10.1. The first-order chi connectivity index (χ1) is 5.02. The van der Waals surface area contributed by atoms with Crippen molar-refractivity contribution < 1.29 is 17.8 Å². The van der Waals surface area contributed by atoms with Crippen LogP contribution in [0.15, 0.2) is 0 Å². The van der Waals surface area contributed by atoms with Crippen LogP contribution in [0.3, 0.4) is 0 Å². The fourth-order valence-corrected chi connectivity index (χ4v) is 1.85. The molecular formula is C5H9NO4S. The summed E-state index contributed by atoms with van der Waals surface area (Å²) in [6.45, 7) is 0.491. The third kappa shape index (κ3) is 1.90. The second-order valence-electron chi connectivity index (χ2n) is 2.44. The molecule has 1 rings (SSSR count). The van der Waals surface area contributed by atoms with E-state index >= 15 is 0 Å². The molecule has 0 aromatic heterocycles.